The first kappa shape index (κ1) is 51.6. The zero-order valence-electron chi connectivity index (χ0n) is 48.3. The Morgan fingerprint density at radius 3 is 0.861 bits per heavy atom. The SMILES string of the molecule is CC(C)(C)c1cc(N2c3cc(C(C)(C)C)c(-c4ccccc4)cc3B3c4cc(-c5ccccc5)c(C(C)(C)C)cc4N(c4ccc(-c5ccccc5)c(C(C)(C)C)c4)c4cc(-c5ccccc5)cc2c43)ccc1-c1ccccc1. The third-order valence-corrected chi connectivity index (χ3v) is 16.5. The van der Waals surface area contributed by atoms with Gasteiger partial charge in [-0.25, -0.2) is 0 Å². The van der Waals surface area contributed by atoms with Crippen LogP contribution in [-0.2, 0) is 21.7 Å². The second-order valence-corrected chi connectivity index (χ2v) is 26.2. The second kappa shape index (κ2) is 19.3. The van der Waals surface area contributed by atoms with Gasteiger partial charge in [0.05, 0.1) is 0 Å². The van der Waals surface area contributed by atoms with Crippen LogP contribution >= 0.6 is 0 Å². The summed E-state index contributed by atoms with van der Waals surface area (Å²) in [5.74, 6) is 0. The van der Waals surface area contributed by atoms with Crippen LogP contribution in [0.1, 0.15) is 105 Å². The lowest BCUT2D eigenvalue weighted by Crippen LogP contribution is -2.61. The van der Waals surface area contributed by atoms with Crippen molar-refractivity contribution in [1.82, 2.24) is 0 Å². The summed E-state index contributed by atoms with van der Waals surface area (Å²) in [7, 11) is 0. The fourth-order valence-electron chi connectivity index (χ4n) is 12.7. The second-order valence-electron chi connectivity index (χ2n) is 26.2. The fraction of sp³-hybridized carbons (Fsp3) is 0.211. The lowest BCUT2D eigenvalue weighted by atomic mass is 9.33. The molecule has 0 saturated carbocycles. The molecule has 0 aliphatic carbocycles. The number of nitrogens with zero attached hydrogens (tertiary/aromatic N) is 2. The Morgan fingerprint density at radius 2 is 0.544 bits per heavy atom. The standard InChI is InChI=1S/C76H73BN2/c1-73(2,3)62-44-56(38-40-58(62)51-30-20-14-21-31-51)78-68-48-64(75(7,8)9)60(53-34-24-16-25-35-53)46-66(68)77-67-47-61(54-36-26-17-27-37-54)65(76(10,11)12)49-69(67)79(71-43-55(42-70(78)72(71)77)50-28-18-13-19-29-50)57-39-41-59(52-32-22-15-23-33-52)63(45-57)74(4,5)6/h13-49H,1-12H3. The maximum absolute atomic E-state index is 2.65. The van der Waals surface area contributed by atoms with Gasteiger partial charge in [0.15, 0.2) is 0 Å². The van der Waals surface area contributed by atoms with E-state index in [4.69, 9.17) is 0 Å². The molecule has 10 aromatic carbocycles. The predicted octanol–water partition coefficient (Wildman–Crippen LogP) is 19.3. The highest BCUT2D eigenvalue weighted by Gasteiger charge is 2.46. The van der Waals surface area contributed by atoms with Crippen molar-refractivity contribution in [2.45, 2.75) is 105 Å². The highest BCUT2D eigenvalue weighted by molar-refractivity contribution is 7.00. The van der Waals surface area contributed by atoms with E-state index in [1.54, 1.807) is 0 Å². The van der Waals surface area contributed by atoms with E-state index >= 15 is 0 Å². The summed E-state index contributed by atoms with van der Waals surface area (Å²) < 4.78 is 0. The maximum atomic E-state index is 2.65. The molecule has 0 bridgehead atoms. The zero-order valence-corrected chi connectivity index (χ0v) is 48.3. The average Bonchev–Trinajstić information content (AvgIpc) is 3.46. The molecule has 0 fully saturated rings. The molecule has 0 radical (unpaired) electrons. The van der Waals surface area contributed by atoms with Gasteiger partial charge in [-0.3, -0.25) is 0 Å². The van der Waals surface area contributed by atoms with Crippen LogP contribution in [0.4, 0.5) is 34.1 Å². The number of hydrogen-bond donors (Lipinski definition) is 0. The van der Waals surface area contributed by atoms with Gasteiger partial charge in [-0.15, -0.1) is 0 Å². The van der Waals surface area contributed by atoms with Crippen molar-refractivity contribution in [1.29, 1.82) is 0 Å². The van der Waals surface area contributed by atoms with Crippen LogP contribution in [0.3, 0.4) is 0 Å². The van der Waals surface area contributed by atoms with Crippen LogP contribution in [0.5, 0.6) is 0 Å². The number of anilines is 6. The number of fused-ring (bicyclic) bond motifs is 4. The van der Waals surface area contributed by atoms with Crippen LogP contribution in [0.15, 0.2) is 224 Å². The molecule has 3 heteroatoms. The summed E-state index contributed by atoms with van der Waals surface area (Å²) in [6, 6.07) is 85.1. The van der Waals surface area contributed by atoms with Crippen molar-refractivity contribution in [3.8, 4) is 55.6 Å². The van der Waals surface area contributed by atoms with Gasteiger partial charge in [-0.05, 0) is 164 Å². The molecule has 2 aliphatic heterocycles. The smallest absolute Gasteiger partial charge is 0.252 e. The van der Waals surface area contributed by atoms with Gasteiger partial charge in [0.1, 0.15) is 0 Å². The molecule has 0 atom stereocenters. The molecule has 390 valence electrons. The molecule has 2 nitrogen and oxygen atoms in total. The van der Waals surface area contributed by atoms with E-state index in [0.29, 0.717) is 0 Å². The van der Waals surface area contributed by atoms with Crippen molar-refractivity contribution in [2.24, 2.45) is 0 Å². The van der Waals surface area contributed by atoms with Gasteiger partial charge < -0.3 is 9.80 Å². The Balaban J connectivity index is 1.26. The largest absolute Gasteiger partial charge is 0.311 e. The highest BCUT2D eigenvalue weighted by Crippen LogP contribution is 2.51. The van der Waals surface area contributed by atoms with E-state index in [1.165, 1.54) is 117 Å². The van der Waals surface area contributed by atoms with Gasteiger partial charge in [0, 0.05) is 34.1 Å². The molecule has 0 N–H and O–H groups in total. The third kappa shape index (κ3) is 9.31. The van der Waals surface area contributed by atoms with Gasteiger partial charge in [0.2, 0.25) is 0 Å². The van der Waals surface area contributed by atoms with Crippen LogP contribution in [0.25, 0.3) is 55.6 Å². The Labute approximate surface area is 471 Å². The molecule has 12 rings (SSSR count). The third-order valence-electron chi connectivity index (χ3n) is 16.5. The molecule has 0 amide bonds. The van der Waals surface area contributed by atoms with E-state index in [-0.39, 0.29) is 28.4 Å². The first-order valence-electron chi connectivity index (χ1n) is 28.5. The minimum atomic E-state index is -0.184. The Morgan fingerprint density at radius 1 is 0.253 bits per heavy atom. The Kier molecular flexibility index (Phi) is 12.6. The summed E-state index contributed by atoms with van der Waals surface area (Å²) in [6.07, 6.45) is 0. The van der Waals surface area contributed by atoms with Crippen molar-refractivity contribution >= 4 is 57.2 Å². The summed E-state index contributed by atoms with van der Waals surface area (Å²) in [5.41, 5.74) is 28.0. The minimum Gasteiger partial charge on any atom is -0.311 e. The molecule has 0 saturated heterocycles. The van der Waals surface area contributed by atoms with Gasteiger partial charge in [-0.1, -0.05) is 259 Å². The molecular formula is C76H73BN2. The zero-order chi connectivity index (χ0) is 55.2. The van der Waals surface area contributed by atoms with Crippen molar-refractivity contribution in [3.05, 3.63) is 247 Å². The molecule has 79 heavy (non-hydrogen) atoms. The molecular weight excluding hydrogens is 952 g/mol. The molecule has 0 spiro atoms. The van der Waals surface area contributed by atoms with Crippen LogP contribution in [0, 0.1) is 0 Å². The van der Waals surface area contributed by atoms with Crippen molar-refractivity contribution in [2.75, 3.05) is 9.80 Å². The minimum absolute atomic E-state index is 0.128. The highest BCUT2D eigenvalue weighted by atomic mass is 15.2. The lowest BCUT2D eigenvalue weighted by molar-refractivity contribution is 0.591. The van der Waals surface area contributed by atoms with E-state index in [1.807, 2.05) is 0 Å². The summed E-state index contributed by atoms with van der Waals surface area (Å²) in [6.45, 7) is 28.3. The van der Waals surface area contributed by atoms with Crippen LogP contribution in [-0.4, -0.2) is 6.71 Å². The topological polar surface area (TPSA) is 6.48 Å². The summed E-state index contributed by atoms with van der Waals surface area (Å²) in [4.78, 5) is 5.30. The molecule has 2 heterocycles. The van der Waals surface area contributed by atoms with Gasteiger partial charge >= 0.3 is 0 Å². The van der Waals surface area contributed by atoms with E-state index in [2.05, 4.69) is 317 Å². The predicted molar refractivity (Wildman–Crippen MR) is 342 cm³/mol. The maximum Gasteiger partial charge on any atom is 0.252 e. The number of benzene rings is 10. The van der Waals surface area contributed by atoms with Gasteiger partial charge in [0.25, 0.3) is 6.71 Å². The van der Waals surface area contributed by atoms with Crippen LogP contribution < -0.4 is 26.2 Å². The van der Waals surface area contributed by atoms with E-state index < -0.39 is 0 Å². The van der Waals surface area contributed by atoms with Crippen molar-refractivity contribution < 1.29 is 0 Å². The molecule has 0 aromatic heterocycles. The molecule has 0 unspecified atom stereocenters. The number of hydrogen-bond acceptors (Lipinski definition) is 2. The fourth-order valence-corrected chi connectivity index (χ4v) is 12.7. The first-order chi connectivity index (χ1) is 37.7. The Bertz CT molecular complexity index is 3670. The van der Waals surface area contributed by atoms with Crippen molar-refractivity contribution in [3.63, 3.8) is 0 Å². The lowest BCUT2D eigenvalue weighted by Gasteiger charge is -2.46. The quantitative estimate of drug-likeness (QED) is 0.147. The molecule has 10 aromatic rings. The average molecular weight is 1030 g/mol. The molecule has 2 aliphatic rings. The summed E-state index contributed by atoms with van der Waals surface area (Å²) >= 11 is 0. The van der Waals surface area contributed by atoms with Crippen LogP contribution in [0.2, 0.25) is 0 Å². The monoisotopic (exact) mass is 1020 g/mol. The summed E-state index contributed by atoms with van der Waals surface area (Å²) in [5, 5.41) is 0. The van der Waals surface area contributed by atoms with E-state index in [0.717, 1.165) is 11.4 Å². The number of rotatable bonds is 7. The Hall–Kier alpha value is -8.14. The normalized spacial score (nSPS) is 13.2. The first-order valence-corrected chi connectivity index (χ1v) is 28.5. The van der Waals surface area contributed by atoms with E-state index in [9.17, 15) is 0 Å². The van der Waals surface area contributed by atoms with Gasteiger partial charge in [-0.2, -0.15) is 0 Å².